The van der Waals surface area contributed by atoms with Crippen LogP contribution >= 0.6 is 0 Å². The first-order chi connectivity index (χ1) is 16.7. The number of carbonyl (C=O) groups is 1. The Kier molecular flexibility index (Phi) is 5.58. The summed E-state index contributed by atoms with van der Waals surface area (Å²) in [4.78, 5) is 27.0. The number of anilines is 3. The van der Waals surface area contributed by atoms with Crippen LogP contribution < -0.4 is 20.4 Å². The highest BCUT2D eigenvalue weighted by Crippen LogP contribution is 2.39. The molecule has 1 aromatic carbocycles. The number of benzene rings is 1. The number of ether oxygens (including phenoxy) is 2. The maximum atomic E-state index is 12.2. The zero-order chi connectivity index (χ0) is 23.1. The zero-order valence-corrected chi connectivity index (χ0v) is 19.4. The smallest absolute Gasteiger partial charge is 0.251 e. The van der Waals surface area contributed by atoms with E-state index in [0.29, 0.717) is 30.9 Å². The third-order valence-electron chi connectivity index (χ3n) is 7.18. The van der Waals surface area contributed by atoms with E-state index < -0.39 is 0 Å². The molecule has 2 bridgehead atoms. The third-order valence-corrected chi connectivity index (χ3v) is 7.18. The minimum absolute atomic E-state index is 0.0844. The molecule has 3 fully saturated rings. The van der Waals surface area contributed by atoms with Crippen LogP contribution in [0.25, 0.3) is 6.08 Å². The molecule has 1 amide bonds. The lowest BCUT2D eigenvalue weighted by Gasteiger charge is -2.37. The largest absolute Gasteiger partial charge is 0.378 e. The number of carbonyl (C=O) groups excluding carboxylic acids is 1. The molecule has 2 aromatic rings. The molecule has 9 heteroatoms. The lowest BCUT2D eigenvalue weighted by Crippen LogP contribution is -2.47. The number of nitrogens with one attached hydrogen (secondary N) is 2. The van der Waals surface area contributed by atoms with Gasteiger partial charge in [-0.3, -0.25) is 4.79 Å². The van der Waals surface area contributed by atoms with Gasteiger partial charge in [-0.25, -0.2) is 0 Å². The number of hydrogen-bond donors (Lipinski definition) is 2. The van der Waals surface area contributed by atoms with Crippen LogP contribution in [0, 0.1) is 0 Å². The highest BCUT2D eigenvalue weighted by Gasteiger charge is 2.40. The number of nitrogens with zero attached hydrogens (tertiary/aromatic N) is 4. The van der Waals surface area contributed by atoms with Crippen molar-refractivity contribution in [2.75, 3.05) is 61.7 Å². The Balaban J connectivity index is 1.38. The SMILES string of the molecule is CNC(=O)c1cccc(C2C=Cc3c(nc(N4C5CCC4COC5)nc3N3CCOCC3)N2)c1. The molecule has 6 rings (SSSR count). The van der Waals surface area contributed by atoms with Crippen LogP contribution in [0.15, 0.2) is 30.3 Å². The van der Waals surface area contributed by atoms with Crippen LogP contribution in [-0.4, -0.2) is 74.5 Å². The molecule has 1 aromatic heterocycles. The van der Waals surface area contributed by atoms with E-state index in [1.807, 2.05) is 24.3 Å². The maximum absolute atomic E-state index is 12.2. The van der Waals surface area contributed by atoms with E-state index in [2.05, 4.69) is 32.6 Å². The molecule has 3 atom stereocenters. The molecular weight excluding hydrogens is 432 g/mol. The van der Waals surface area contributed by atoms with Crippen molar-refractivity contribution in [3.63, 3.8) is 0 Å². The number of aromatic nitrogens is 2. The first kappa shape index (κ1) is 21.4. The van der Waals surface area contributed by atoms with Crippen LogP contribution in [0.1, 0.15) is 40.4 Å². The Morgan fingerprint density at radius 1 is 1.12 bits per heavy atom. The molecule has 3 saturated heterocycles. The fourth-order valence-corrected chi connectivity index (χ4v) is 5.40. The number of amides is 1. The van der Waals surface area contributed by atoms with Crippen molar-refractivity contribution in [3.05, 3.63) is 47.0 Å². The van der Waals surface area contributed by atoms with Crippen molar-refractivity contribution < 1.29 is 14.3 Å². The standard InChI is InChI=1S/C25H30N6O3/c1-26-24(32)17-4-2-3-16(13-17)21-8-7-20-22(27-21)28-25(29-23(20)30-9-11-33-12-10-30)31-18-5-6-19(31)15-34-14-18/h2-4,7-8,13,18-19,21H,5-6,9-12,14-15H2,1H3,(H,26,32)(H,27,28,29). The minimum atomic E-state index is -0.0935. The minimum Gasteiger partial charge on any atom is -0.378 e. The molecule has 0 saturated carbocycles. The van der Waals surface area contributed by atoms with Crippen molar-refractivity contribution in [1.29, 1.82) is 0 Å². The van der Waals surface area contributed by atoms with Crippen molar-refractivity contribution in [3.8, 4) is 0 Å². The van der Waals surface area contributed by atoms with Crippen molar-refractivity contribution >= 4 is 29.6 Å². The first-order valence-corrected chi connectivity index (χ1v) is 12.1. The monoisotopic (exact) mass is 462 g/mol. The third kappa shape index (κ3) is 3.78. The second kappa shape index (κ2) is 8.88. The van der Waals surface area contributed by atoms with Crippen LogP contribution in [0.2, 0.25) is 0 Å². The van der Waals surface area contributed by atoms with Crippen molar-refractivity contribution in [2.24, 2.45) is 0 Å². The van der Waals surface area contributed by atoms with E-state index in [1.165, 1.54) is 0 Å². The van der Waals surface area contributed by atoms with Gasteiger partial charge in [-0.2, -0.15) is 9.97 Å². The number of morpholine rings is 2. The summed E-state index contributed by atoms with van der Waals surface area (Å²) < 4.78 is 11.4. The van der Waals surface area contributed by atoms with Gasteiger partial charge in [-0.1, -0.05) is 18.2 Å². The summed E-state index contributed by atoms with van der Waals surface area (Å²) in [6.07, 6.45) is 6.46. The van der Waals surface area contributed by atoms with E-state index in [4.69, 9.17) is 19.4 Å². The zero-order valence-electron chi connectivity index (χ0n) is 19.4. The van der Waals surface area contributed by atoms with E-state index >= 15 is 0 Å². The topological polar surface area (TPSA) is 91.9 Å². The average molecular weight is 463 g/mol. The number of fused-ring (bicyclic) bond motifs is 3. The molecule has 0 radical (unpaired) electrons. The van der Waals surface area contributed by atoms with Gasteiger partial charge in [0.2, 0.25) is 5.95 Å². The van der Waals surface area contributed by atoms with E-state index in [9.17, 15) is 4.79 Å². The first-order valence-electron chi connectivity index (χ1n) is 12.1. The van der Waals surface area contributed by atoms with Crippen LogP contribution in [0.4, 0.5) is 17.6 Å². The molecule has 9 nitrogen and oxygen atoms in total. The molecule has 4 aliphatic heterocycles. The van der Waals surface area contributed by atoms with Gasteiger partial charge in [0.25, 0.3) is 5.91 Å². The summed E-state index contributed by atoms with van der Waals surface area (Å²) in [6, 6.07) is 8.28. The molecule has 178 valence electrons. The van der Waals surface area contributed by atoms with E-state index in [0.717, 1.165) is 67.9 Å². The van der Waals surface area contributed by atoms with Crippen LogP contribution in [0.5, 0.6) is 0 Å². The van der Waals surface area contributed by atoms with E-state index in [1.54, 1.807) is 7.05 Å². The molecule has 5 heterocycles. The van der Waals surface area contributed by atoms with Gasteiger partial charge in [0.05, 0.1) is 50.1 Å². The number of rotatable bonds is 4. The maximum Gasteiger partial charge on any atom is 0.251 e. The highest BCUT2D eigenvalue weighted by atomic mass is 16.5. The molecule has 4 aliphatic rings. The molecule has 0 spiro atoms. The van der Waals surface area contributed by atoms with Gasteiger partial charge in [0.15, 0.2) is 0 Å². The van der Waals surface area contributed by atoms with Gasteiger partial charge in [0, 0.05) is 25.7 Å². The number of hydrogen-bond acceptors (Lipinski definition) is 8. The van der Waals surface area contributed by atoms with Gasteiger partial charge in [-0.15, -0.1) is 0 Å². The molecule has 2 N–H and O–H groups in total. The molecule has 3 unspecified atom stereocenters. The van der Waals surface area contributed by atoms with Crippen LogP contribution in [-0.2, 0) is 9.47 Å². The summed E-state index contributed by atoms with van der Waals surface area (Å²) in [5.41, 5.74) is 2.66. The highest BCUT2D eigenvalue weighted by molar-refractivity contribution is 5.94. The summed E-state index contributed by atoms with van der Waals surface area (Å²) >= 11 is 0. The van der Waals surface area contributed by atoms with Gasteiger partial charge < -0.3 is 29.9 Å². The Hall–Kier alpha value is -3.17. The van der Waals surface area contributed by atoms with Gasteiger partial charge in [-0.05, 0) is 36.6 Å². The average Bonchev–Trinajstić information content (AvgIpc) is 3.15. The fourth-order valence-electron chi connectivity index (χ4n) is 5.40. The fraction of sp³-hybridized carbons (Fsp3) is 0.480. The van der Waals surface area contributed by atoms with Crippen molar-refractivity contribution in [1.82, 2.24) is 15.3 Å². The summed E-state index contributed by atoms with van der Waals surface area (Å²) in [7, 11) is 1.65. The van der Waals surface area contributed by atoms with Crippen molar-refractivity contribution in [2.45, 2.75) is 31.0 Å². The van der Waals surface area contributed by atoms with E-state index in [-0.39, 0.29) is 11.9 Å². The predicted octanol–water partition coefficient (Wildman–Crippen LogP) is 2.22. The van der Waals surface area contributed by atoms with Crippen LogP contribution in [0.3, 0.4) is 0 Å². The normalized spacial score (nSPS) is 25.6. The molecule has 0 aliphatic carbocycles. The molecular formula is C25H30N6O3. The van der Waals surface area contributed by atoms with Gasteiger partial charge >= 0.3 is 0 Å². The summed E-state index contributed by atoms with van der Waals surface area (Å²) in [5, 5.41) is 6.32. The Labute approximate surface area is 199 Å². The quantitative estimate of drug-likeness (QED) is 0.715. The predicted molar refractivity (Wildman–Crippen MR) is 130 cm³/mol. The summed E-state index contributed by atoms with van der Waals surface area (Å²) in [6.45, 7) is 4.47. The Morgan fingerprint density at radius 3 is 2.68 bits per heavy atom. The van der Waals surface area contributed by atoms with Gasteiger partial charge in [0.1, 0.15) is 11.6 Å². The molecule has 34 heavy (non-hydrogen) atoms. The lowest BCUT2D eigenvalue weighted by molar-refractivity contribution is 0.0897. The Bertz CT molecular complexity index is 1100. The summed E-state index contributed by atoms with van der Waals surface area (Å²) in [5.74, 6) is 2.46. The lowest BCUT2D eigenvalue weighted by atomic mass is 9.99. The Morgan fingerprint density at radius 2 is 1.91 bits per heavy atom. The second-order valence-electron chi connectivity index (χ2n) is 9.22. The second-order valence-corrected chi connectivity index (χ2v) is 9.22.